The zero-order valence-corrected chi connectivity index (χ0v) is 5.80. The van der Waals surface area contributed by atoms with Crippen molar-refractivity contribution in [3.63, 3.8) is 0 Å². The van der Waals surface area contributed by atoms with Crippen molar-refractivity contribution >= 4 is 14.0 Å². The van der Waals surface area contributed by atoms with Crippen molar-refractivity contribution in [2.24, 2.45) is 4.76 Å². The highest BCUT2D eigenvalue weighted by Gasteiger charge is 2.10. The Labute approximate surface area is 54.3 Å². The second-order valence-corrected chi connectivity index (χ2v) is 2.70. The quantitative estimate of drug-likeness (QED) is 0.260. The minimum absolute atomic E-state index is 0.397. The number of isocyanates is 1. The zero-order valence-electron chi connectivity index (χ0n) is 4.91. The molecule has 0 amide bonds. The minimum Gasteiger partial charge on any atom is -0.207 e. The summed E-state index contributed by atoms with van der Waals surface area (Å²) in [6.07, 6.45) is 3.89. The van der Waals surface area contributed by atoms with E-state index in [4.69, 9.17) is 0 Å². The molecule has 4 heteroatoms. The molecule has 0 rings (SSSR count). The van der Waals surface area contributed by atoms with Crippen molar-refractivity contribution in [3.05, 3.63) is 12.7 Å². The molecule has 0 bridgehead atoms. The zero-order chi connectivity index (χ0) is 7.11. The Kier molecular flexibility index (Phi) is 4.89. The molecule has 0 fully saturated rings. The van der Waals surface area contributed by atoms with E-state index in [-0.39, 0.29) is 0 Å². The summed E-state index contributed by atoms with van der Waals surface area (Å²) in [6.45, 7) is 3.42. The molecule has 0 aromatic rings. The molecule has 0 heterocycles. The highest BCUT2D eigenvalue weighted by molar-refractivity contribution is 7.43. The lowest BCUT2D eigenvalue weighted by atomic mass is 10.5. The fourth-order valence-corrected chi connectivity index (χ4v) is 0.892. The molecule has 0 aliphatic carbocycles. The van der Waals surface area contributed by atoms with Crippen LogP contribution in [0.25, 0.3) is 0 Å². The highest BCUT2D eigenvalue weighted by Crippen LogP contribution is 2.21. The van der Waals surface area contributed by atoms with Gasteiger partial charge in [-0.15, -0.1) is 6.58 Å². The van der Waals surface area contributed by atoms with Crippen LogP contribution in [-0.2, 0) is 9.36 Å². The van der Waals surface area contributed by atoms with Crippen molar-refractivity contribution in [1.29, 1.82) is 0 Å². The van der Waals surface area contributed by atoms with Crippen LogP contribution in [0.15, 0.2) is 17.4 Å². The number of nitrogens with zero attached hydrogens (tertiary/aromatic N) is 1. The molecule has 0 aliphatic rings. The SMILES string of the molecule is C=CCC[P+](=O)N=C=O. The average Bonchev–Trinajstić information content (AvgIpc) is 1.85. The van der Waals surface area contributed by atoms with E-state index in [1.54, 1.807) is 6.08 Å². The van der Waals surface area contributed by atoms with Crippen LogP contribution in [0.5, 0.6) is 0 Å². The molecular formula is C5H7NO2P+. The van der Waals surface area contributed by atoms with Gasteiger partial charge in [0.1, 0.15) is 0 Å². The summed E-state index contributed by atoms with van der Waals surface area (Å²) in [5.74, 6) is 0. The van der Waals surface area contributed by atoms with Gasteiger partial charge in [0, 0.05) is 6.42 Å². The third-order valence-corrected chi connectivity index (χ3v) is 1.62. The molecule has 0 aliphatic heterocycles. The van der Waals surface area contributed by atoms with Crippen molar-refractivity contribution in [3.8, 4) is 0 Å². The fraction of sp³-hybridized carbons (Fsp3) is 0.400. The number of allylic oxidation sites excluding steroid dienone is 1. The van der Waals surface area contributed by atoms with Gasteiger partial charge in [-0.25, -0.2) is 4.79 Å². The first-order valence-corrected chi connectivity index (χ1v) is 3.84. The largest absolute Gasteiger partial charge is 0.497 e. The first-order chi connectivity index (χ1) is 4.31. The summed E-state index contributed by atoms with van der Waals surface area (Å²) in [5.41, 5.74) is 0. The normalized spacial score (nSPS) is 9.56. The van der Waals surface area contributed by atoms with Gasteiger partial charge in [-0.05, 0) is 4.57 Å². The molecular weight excluding hydrogens is 137 g/mol. The molecule has 0 aromatic heterocycles. The van der Waals surface area contributed by atoms with E-state index in [1.165, 1.54) is 6.08 Å². The predicted molar refractivity (Wildman–Crippen MR) is 35.4 cm³/mol. The van der Waals surface area contributed by atoms with Crippen molar-refractivity contribution in [1.82, 2.24) is 0 Å². The van der Waals surface area contributed by atoms with E-state index in [0.717, 1.165) is 0 Å². The van der Waals surface area contributed by atoms with Gasteiger partial charge in [0.2, 0.25) is 0 Å². The van der Waals surface area contributed by atoms with E-state index in [2.05, 4.69) is 11.3 Å². The van der Waals surface area contributed by atoms with Crippen LogP contribution in [0.3, 0.4) is 0 Å². The molecule has 1 atom stereocenters. The number of rotatable bonds is 4. The average molecular weight is 144 g/mol. The molecule has 0 spiro atoms. The van der Waals surface area contributed by atoms with Gasteiger partial charge in [-0.1, -0.05) is 6.08 Å². The molecule has 0 saturated carbocycles. The lowest BCUT2D eigenvalue weighted by Gasteiger charge is -1.70. The van der Waals surface area contributed by atoms with Crippen molar-refractivity contribution in [2.75, 3.05) is 6.16 Å². The maximum atomic E-state index is 10.5. The Balaban J connectivity index is 3.50. The van der Waals surface area contributed by atoms with Gasteiger partial charge in [0.15, 0.2) is 6.16 Å². The number of carbonyl (C=O) groups excluding carboxylic acids is 1. The monoisotopic (exact) mass is 144 g/mol. The molecule has 48 valence electrons. The Hall–Kier alpha value is -0.780. The summed E-state index contributed by atoms with van der Waals surface area (Å²) in [4.78, 5) is 9.48. The molecule has 1 unspecified atom stereocenters. The van der Waals surface area contributed by atoms with Crippen LogP contribution in [-0.4, -0.2) is 12.2 Å². The topological polar surface area (TPSA) is 46.5 Å². The Bertz CT molecular complexity index is 160. The highest BCUT2D eigenvalue weighted by atomic mass is 31.1. The first kappa shape index (κ1) is 8.22. The maximum Gasteiger partial charge on any atom is 0.497 e. The molecule has 3 nitrogen and oxygen atoms in total. The Morgan fingerprint density at radius 2 is 2.44 bits per heavy atom. The van der Waals surface area contributed by atoms with Gasteiger partial charge in [-0.2, -0.15) is 0 Å². The number of hydrogen-bond donors (Lipinski definition) is 0. The van der Waals surface area contributed by atoms with Crippen LogP contribution in [0.2, 0.25) is 0 Å². The van der Waals surface area contributed by atoms with Gasteiger partial charge in [-0.3, -0.25) is 0 Å². The van der Waals surface area contributed by atoms with Crippen LogP contribution >= 0.6 is 7.95 Å². The fourth-order valence-electron chi connectivity index (χ4n) is 0.297. The van der Waals surface area contributed by atoms with E-state index in [0.29, 0.717) is 12.6 Å². The van der Waals surface area contributed by atoms with Crippen molar-refractivity contribution in [2.45, 2.75) is 6.42 Å². The van der Waals surface area contributed by atoms with E-state index < -0.39 is 7.95 Å². The van der Waals surface area contributed by atoms with Gasteiger partial charge < -0.3 is 0 Å². The molecule has 9 heavy (non-hydrogen) atoms. The van der Waals surface area contributed by atoms with E-state index in [9.17, 15) is 9.36 Å². The number of hydrogen-bond acceptors (Lipinski definition) is 2. The summed E-state index contributed by atoms with van der Waals surface area (Å²) < 4.78 is 13.5. The maximum absolute atomic E-state index is 10.5. The Morgan fingerprint density at radius 1 is 1.78 bits per heavy atom. The summed E-state index contributed by atoms with van der Waals surface area (Å²) in [6, 6.07) is 0. The summed E-state index contributed by atoms with van der Waals surface area (Å²) >= 11 is 0. The standard InChI is InChI=1S/C5H7NO2P/c1-2-3-4-9(8)6-5-7/h2H,1,3-4H2/q+1. The minimum atomic E-state index is -1.71. The molecule has 0 radical (unpaired) electrons. The third kappa shape index (κ3) is 5.09. The van der Waals surface area contributed by atoms with Crippen LogP contribution < -0.4 is 0 Å². The summed E-state index contributed by atoms with van der Waals surface area (Å²) in [7, 11) is -1.71. The lowest BCUT2D eigenvalue weighted by molar-refractivity contribution is 0.564. The molecule has 0 N–H and O–H groups in total. The lowest BCUT2D eigenvalue weighted by Crippen LogP contribution is -1.69. The molecule has 0 aromatic carbocycles. The van der Waals surface area contributed by atoms with Gasteiger partial charge in [0.25, 0.3) is 6.08 Å². The third-order valence-electron chi connectivity index (χ3n) is 0.677. The predicted octanol–water partition coefficient (Wildman–Crippen LogP) is 1.64. The Morgan fingerprint density at radius 3 is 2.89 bits per heavy atom. The first-order valence-electron chi connectivity index (χ1n) is 2.44. The van der Waals surface area contributed by atoms with Crippen LogP contribution in [0, 0.1) is 0 Å². The smallest absolute Gasteiger partial charge is 0.207 e. The van der Waals surface area contributed by atoms with E-state index >= 15 is 0 Å². The second-order valence-electron chi connectivity index (χ2n) is 1.34. The van der Waals surface area contributed by atoms with Crippen LogP contribution in [0.1, 0.15) is 6.42 Å². The molecule has 0 saturated heterocycles. The second kappa shape index (κ2) is 5.36. The van der Waals surface area contributed by atoms with E-state index in [1.807, 2.05) is 0 Å². The summed E-state index contributed by atoms with van der Waals surface area (Å²) in [5, 5.41) is 0. The van der Waals surface area contributed by atoms with Gasteiger partial charge >= 0.3 is 7.95 Å². The van der Waals surface area contributed by atoms with Crippen LogP contribution in [0.4, 0.5) is 0 Å². The van der Waals surface area contributed by atoms with Gasteiger partial charge in [0.05, 0.1) is 4.76 Å². The van der Waals surface area contributed by atoms with Crippen molar-refractivity contribution < 1.29 is 9.36 Å².